The molecule has 0 spiro atoms. The molecule has 0 aliphatic carbocycles. The van der Waals surface area contributed by atoms with Crippen LogP contribution in [0.2, 0.25) is 18.1 Å². The summed E-state index contributed by atoms with van der Waals surface area (Å²) in [5.41, 5.74) is 1.03. The molecule has 1 aromatic rings. The average molecular weight is 549 g/mol. The Morgan fingerprint density at radius 3 is 2.27 bits per heavy atom. The molecule has 1 heterocycles. The van der Waals surface area contributed by atoms with E-state index in [0.29, 0.717) is 18.4 Å². The maximum atomic E-state index is 6.99. The second kappa shape index (κ2) is 10.6. The molecule has 0 amide bonds. The molecule has 0 radical (unpaired) electrons. The lowest BCUT2D eigenvalue weighted by atomic mass is 9.84. The van der Waals surface area contributed by atoms with Crippen molar-refractivity contribution in [2.45, 2.75) is 78.2 Å². The highest BCUT2D eigenvalue weighted by molar-refractivity contribution is 14.1. The van der Waals surface area contributed by atoms with Gasteiger partial charge in [0.1, 0.15) is 5.75 Å². The monoisotopic (exact) mass is 548 g/mol. The van der Waals surface area contributed by atoms with Gasteiger partial charge in [-0.1, -0.05) is 76.3 Å². The smallest absolute Gasteiger partial charge is 0.192 e. The van der Waals surface area contributed by atoms with E-state index in [1.54, 1.807) is 7.11 Å². The minimum Gasteiger partial charge on any atom is -0.497 e. The van der Waals surface area contributed by atoms with E-state index < -0.39 is 8.32 Å². The van der Waals surface area contributed by atoms with Crippen molar-refractivity contribution in [2.75, 3.05) is 18.1 Å². The van der Waals surface area contributed by atoms with Gasteiger partial charge in [0.25, 0.3) is 0 Å². The zero-order valence-electron chi connectivity index (χ0n) is 20.2. The van der Waals surface area contributed by atoms with Gasteiger partial charge in [0, 0.05) is 21.8 Å². The second-order valence-electron chi connectivity index (χ2n) is 10.3. The van der Waals surface area contributed by atoms with Crippen LogP contribution in [0.5, 0.6) is 5.75 Å². The third kappa shape index (κ3) is 6.21. The molecule has 0 N–H and O–H groups in total. The Morgan fingerprint density at radius 2 is 1.77 bits per heavy atom. The van der Waals surface area contributed by atoms with Crippen LogP contribution in [0.4, 0.5) is 0 Å². The number of ether oxygens (including phenoxy) is 3. The molecule has 1 unspecified atom stereocenters. The highest BCUT2D eigenvalue weighted by atomic mass is 127. The van der Waals surface area contributed by atoms with Gasteiger partial charge in [0.05, 0.1) is 25.9 Å². The lowest BCUT2D eigenvalue weighted by Crippen LogP contribution is -2.51. The van der Waals surface area contributed by atoms with Crippen molar-refractivity contribution in [1.29, 1.82) is 0 Å². The summed E-state index contributed by atoms with van der Waals surface area (Å²) in [5, 5.41) is 0.184. The number of rotatable bonds is 8. The van der Waals surface area contributed by atoms with Gasteiger partial charge in [-0.05, 0) is 36.2 Å². The van der Waals surface area contributed by atoms with Gasteiger partial charge in [-0.25, -0.2) is 0 Å². The Bertz CT molecular complexity index is 658. The summed E-state index contributed by atoms with van der Waals surface area (Å²) in [6, 6.07) is 7.97. The Kier molecular flexibility index (Phi) is 9.26. The van der Waals surface area contributed by atoms with Crippen molar-refractivity contribution < 1.29 is 18.6 Å². The number of hydrogen-bond donors (Lipinski definition) is 0. The van der Waals surface area contributed by atoms with Gasteiger partial charge in [0.2, 0.25) is 0 Å². The van der Waals surface area contributed by atoms with E-state index >= 15 is 0 Å². The predicted molar refractivity (Wildman–Crippen MR) is 135 cm³/mol. The zero-order valence-corrected chi connectivity index (χ0v) is 23.4. The highest BCUT2D eigenvalue weighted by Crippen LogP contribution is 2.42. The van der Waals surface area contributed by atoms with Crippen LogP contribution in [0.25, 0.3) is 0 Å². The van der Waals surface area contributed by atoms with Gasteiger partial charge in [-0.15, -0.1) is 0 Å². The molecule has 6 atom stereocenters. The first-order valence-corrected chi connectivity index (χ1v) is 15.5. The van der Waals surface area contributed by atoms with E-state index in [4.69, 9.17) is 18.6 Å². The number of benzene rings is 1. The Balaban J connectivity index is 2.22. The SMILES string of the molecule is COc1ccc(C2OC[C@@H](C)[C@H]([C@H](C)[C@@H](O[Si](C)(C)C(C)(C)C)[C@H](C)CI)O2)cc1. The van der Waals surface area contributed by atoms with Crippen molar-refractivity contribution in [3.63, 3.8) is 0 Å². The van der Waals surface area contributed by atoms with Crippen molar-refractivity contribution in [3.8, 4) is 5.75 Å². The largest absolute Gasteiger partial charge is 0.497 e. The molecule has 2 rings (SSSR count). The molecule has 1 fully saturated rings. The Labute approximate surface area is 198 Å². The first kappa shape index (κ1) is 26.1. The molecular weight excluding hydrogens is 507 g/mol. The van der Waals surface area contributed by atoms with Crippen molar-refractivity contribution in [3.05, 3.63) is 29.8 Å². The van der Waals surface area contributed by atoms with Crippen LogP contribution in [-0.4, -0.2) is 38.7 Å². The lowest BCUT2D eigenvalue weighted by Gasteiger charge is -2.46. The van der Waals surface area contributed by atoms with Gasteiger partial charge in [-0.3, -0.25) is 0 Å². The molecule has 6 heteroatoms. The molecule has 1 aliphatic rings. The van der Waals surface area contributed by atoms with Crippen LogP contribution in [-0.2, 0) is 13.9 Å². The minimum atomic E-state index is -1.89. The molecule has 0 aromatic heterocycles. The van der Waals surface area contributed by atoms with E-state index in [2.05, 4.69) is 77.2 Å². The van der Waals surface area contributed by atoms with Crippen LogP contribution >= 0.6 is 22.6 Å². The average Bonchev–Trinajstić information content (AvgIpc) is 2.70. The summed E-state index contributed by atoms with van der Waals surface area (Å²) in [7, 11) is -0.212. The molecule has 1 aromatic carbocycles. The molecule has 30 heavy (non-hydrogen) atoms. The maximum absolute atomic E-state index is 6.99. The van der Waals surface area contributed by atoms with Crippen LogP contribution in [0, 0.1) is 17.8 Å². The standard InChI is InChI=1S/C24H41IO4Si/c1-16(14-25)22(29-30(8,9)24(4,5)6)18(3)21-17(2)15-27-23(28-21)19-10-12-20(26-7)13-11-19/h10-13,16-18,21-23H,14-15H2,1-9H3/t16-,17-,18+,21-,22+,23?/m1/s1. The normalized spacial score (nSPS) is 26.1. The van der Waals surface area contributed by atoms with Crippen molar-refractivity contribution in [2.24, 2.45) is 17.8 Å². The summed E-state index contributed by atoms with van der Waals surface area (Å²) in [6.07, 6.45) is -0.0844. The molecule has 0 bridgehead atoms. The Morgan fingerprint density at radius 1 is 1.17 bits per heavy atom. The summed E-state index contributed by atoms with van der Waals surface area (Å²) in [6.45, 7) is 19.2. The third-order valence-corrected chi connectivity index (χ3v) is 12.7. The molecular formula is C24H41IO4Si. The quantitative estimate of drug-likeness (QED) is 0.203. The number of methoxy groups -OCH3 is 1. The van der Waals surface area contributed by atoms with Gasteiger partial charge < -0.3 is 18.6 Å². The molecule has 0 saturated carbocycles. The van der Waals surface area contributed by atoms with E-state index in [1.165, 1.54) is 0 Å². The molecule has 4 nitrogen and oxygen atoms in total. The molecule has 1 saturated heterocycles. The summed E-state index contributed by atoms with van der Waals surface area (Å²) >= 11 is 2.49. The van der Waals surface area contributed by atoms with Gasteiger partial charge in [-0.2, -0.15) is 0 Å². The lowest BCUT2D eigenvalue weighted by molar-refractivity contribution is -0.256. The van der Waals surface area contributed by atoms with E-state index in [-0.39, 0.29) is 29.5 Å². The fourth-order valence-electron chi connectivity index (χ4n) is 3.76. The maximum Gasteiger partial charge on any atom is 0.192 e. The topological polar surface area (TPSA) is 36.9 Å². The van der Waals surface area contributed by atoms with Crippen molar-refractivity contribution >= 4 is 30.9 Å². The minimum absolute atomic E-state index is 0.0889. The van der Waals surface area contributed by atoms with Crippen LogP contribution in [0.15, 0.2) is 24.3 Å². The fraction of sp³-hybridized carbons (Fsp3) is 0.750. The third-order valence-electron chi connectivity index (χ3n) is 6.82. The van der Waals surface area contributed by atoms with Crippen LogP contribution in [0.3, 0.4) is 0 Å². The van der Waals surface area contributed by atoms with Crippen LogP contribution < -0.4 is 4.74 Å². The molecule has 1 aliphatic heterocycles. The van der Waals surface area contributed by atoms with Gasteiger partial charge in [0.15, 0.2) is 14.6 Å². The van der Waals surface area contributed by atoms with Crippen molar-refractivity contribution in [1.82, 2.24) is 0 Å². The number of halogens is 1. The second-order valence-corrected chi connectivity index (χ2v) is 16.0. The molecule has 172 valence electrons. The zero-order chi connectivity index (χ0) is 22.7. The first-order chi connectivity index (χ1) is 13.9. The Hall–Kier alpha value is -0.153. The summed E-state index contributed by atoms with van der Waals surface area (Å²) < 4.78 is 26.0. The summed E-state index contributed by atoms with van der Waals surface area (Å²) in [4.78, 5) is 0. The van der Waals surface area contributed by atoms with Gasteiger partial charge >= 0.3 is 0 Å². The fourth-order valence-corrected chi connectivity index (χ4v) is 5.74. The summed E-state index contributed by atoms with van der Waals surface area (Å²) in [5.74, 6) is 1.91. The van der Waals surface area contributed by atoms with E-state index in [1.807, 2.05) is 24.3 Å². The van der Waals surface area contributed by atoms with E-state index in [9.17, 15) is 0 Å². The highest BCUT2D eigenvalue weighted by Gasteiger charge is 2.44. The van der Waals surface area contributed by atoms with E-state index in [0.717, 1.165) is 15.7 Å². The predicted octanol–water partition coefficient (Wildman–Crippen LogP) is 6.84. The van der Waals surface area contributed by atoms with Crippen LogP contribution in [0.1, 0.15) is 53.4 Å². The number of alkyl halides is 1. The first-order valence-electron chi connectivity index (χ1n) is 11.1. The number of hydrogen-bond acceptors (Lipinski definition) is 4.